The maximum atomic E-state index is 13.2. The number of carbonyl (C=O) groups excluding carboxylic acids is 2. The molecule has 1 atom stereocenters. The maximum Gasteiger partial charge on any atom is 0.278 e. The van der Waals surface area contributed by atoms with Gasteiger partial charge in [-0.3, -0.25) is 14.4 Å². The van der Waals surface area contributed by atoms with E-state index in [1.807, 2.05) is 50.2 Å². The lowest BCUT2D eigenvalue weighted by atomic mass is 10.1. The molecular weight excluding hydrogens is 420 g/mol. The summed E-state index contributed by atoms with van der Waals surface area (Å²) in [5.74, 6) is -0.00146. The van der Waals surface area contributed by atoms with Gasteiger partial charge in [0.2, 0.25) is 5.91 Å². The zero-order valence-corrected chi connectivity index (χ0v) is 18.9. The summed E-state index contributed by atoms with van der Waals surface area (Å²) in [5.41, 5.74) is 3.30. The van der Waals surface area contributed by atoms with Crippen LogP contribution in [0.1, 0.15) is 35.0 Å². The van der Waals surface area contributed by atoms with Gasteiger partial charge in [0.25, 0.3) is 11.5 Å². The minimum absolute atomic E-state index is 0.00725. The molecule has 2 aromatic carbocycles. The Hall–Kier alpha value is -3.94. The molecule has 2 heterocycles. The van der Waals surface area contributed by atoms with Gasteiger partial charge in [0.1, 0.15) is 11.4 Å². The number of hydrogen-bond acceptors (Lipinski definition) is 5. The lowest BCUT2D eigenvalue weighted by molar-refractivity contribution is -0.116. The van der Waals surface area contributed by atoms with Crippen molar-refractivity contribution in [3.05, 3.63) is 81.8 Å². The van der Waals surface area contributed by atoms with Crippen LogP contribution in [0.3, 0.4) is 0 Å². The van der Waals surface area contributed by atoms with Crippen LogP contribution in [0.4, 0.5) is 11.4 Å². The van der Waals surface area contributed by atoms with Crippen molar-refractivity contribution in [2.45, 2.75) is 39.3 Å². The zero-order valence-electron chi connectivity index (χ0n) is 18.9. The number of benzene rings is 2. The summed E-state index contributed by atoms with van der Waals surface area (Å²) in [6.45, 7) is 3.95. The molecule has 0 aliphatic carbocycles. The highest BCUT2D eigenvalue weighted by Gasteiger charge is 2.32. The predicted molar refractivity (Wildman–Crippen MR) is 126 cm³/mol. The molecule has 170 valence electrons. The number of aromatic nitrogens is 2. The molecule has 0 fully saturated rings. The van der Waals surface area contributed by atoms with Crippen molar-refractivity contribution >= 4 is 23.2 Å². The lowest BCUT2D eigenvalue weighted by Gasteiger charge is -2.22. The Balaban J connectivity index is 1.48. The lowest BCUT2D eigenvalue weighted by Crippen LogP contribution is -2.37. The number of aryl methyl sites for hydroxylation is 2. The second kappa shape index (κ2) is 9.28. The third-order valence-corrected chi connectivity index (χ3v) is 5.69. The number of amides is 2. The summed E-state index contributed by atoms with van der Waals surface area (Å²) < 4.78 is 6.44. The van der Waals surface area contributed by atoms with Crippen molar-refractivity contribution in [2.24, 2.45) is 0 Å². The van der Waals surface area contributed by atoms with Crippen LogP contribution in [0.15, 0.2) is 59.4 Å². The molecule has 1 aliphatic heterocycles. The van der Waals surface area contributed by atoms with Crippen LogP contribution in [0, 0.1) is 6.92 Å². The Bertz CT molecular complexity index is 1270. The highest BCUT2D eigenvalue weighted by molar-refractivity contribution is 6.06. The Morgan fingerprint density at radius 2 is 1.94 bits per heavy atom. The minimum Gasteiger partial charge on any atom is -0.495 e. The van der Waals surface area contributed by atoms with Crippen molar-refractivity contribution in [2.75, 3.05) is 17.3 Å². The molecule has 0 saturated heterocycles. The first-order valence-corrected chi connectivity index (χ1v) is 10.8. The first-order valence-electron chi connectivity index (χ1n) is 10.8. The number of fused-ring (bicyclic) bond motifs is 1. The van der Waals surface area contributed by atoms with E-state index in [1.54, 1.807) is 11.0 Å². The highest BCUT2D eigenvalue weighted by atomic mass is 16.5. The topological polar surface area (TPSA) is 93.5 Å². The molecular formula is C25H26N4O4. The van der Waals surface area contributed by atoms with Crippen LogP contribution < -0.4 is 20.5 Å². The third kappa shape index (κ3) is 4.64. The number of hydrogen-bond donors (Lipinski definition) is 1. The van der Waals surface area contributed by atoms with Gasteiger partial charge in [0.05, 0.1) is 19.3 Å². The normalized spacial score (nSPS) is 14.6. The van der Waals surface area contributed by atoms with E-state index in [0.29, 0.717) is 11.4 Å². The van der Waals surface area contributed by atoms with E-state index < -0.39 is 0 Å². The van der Waals surface area contributed by atoms with Gasteiger partial charge in [0.15, 0.2) is 0 Å². The van der Waals surface area contributed by atoms with Gasteiger partial charge in [-0.1, -0.05) is 24.3 Å². The molecule has 4 rings (SSSR count). The molecule has 1 aliphatic rings. The molecule has 8 heteroatoms. The number of ether oxygens (including phenoxy) is 1. The van der Waals surface area contributed by atoms with Gasteiger partial charge in [0, 0.05) is 24.2 Å². The average molecular weight is 447 g/mol. The number of nitrogens with one attached hydrogen (secondary N) is 1. The predicted octanol–water partition coefficient (Wildman–Crippen LogP) is 3.18. The Labute approximate surface area is 191 Å². The molecule has 0 unspecified atom stereocenters. The first-order chi connectivity index (χ1) is 15.9. The molecule has 3 aromatic rings. The summed E-state index contributed by atoms with van der Waals surface area (Å²) in [7, 11) is 1.53. The van der Waals surface area contributed by atoms with Crippen LogP contribution in [-0.2, 0) is 17.8 Å². The van der Waals surface area contributed by atoms with Gasteiger partial charge in [-0.25, -0.2) is 4.68 Å². The number of para-hydroxylation sites is 1. The zero-order chi connectivity index (χ0) is 23.5. The number of rotatable bonds is 6. The van der Waals surface area contributed by atoms with Crippen LogP contribution in [0.5, 0.6) is 5.75 Å². The number of nitrogens with zero attached hydrogens (tertiary/aromatic N) is 3. The quantitative estimate of drug-likeness (QED) is 0.628. The standard InChI is InChI=1S/C25H26N4O4/c1-16-8-10-22(33-3)20(14-16)26-23(30)12-13-28-24(31)11-9-19(27-28)25(32)29-17(2)15-18-6-4-5-7-21(18)29/h4-11,14,17H,12-13,15H2,1-3H3,(H,26,30)/t17-/m0/s1. The van der Waals surface area contributed by atoms with Crippen LogP contribution >= 0.6 is 0 Å². The van der Waals surface area contributed by atoms with Crippen molar-refractivity contribution in [1.82, 2.24) is 9.78 Å². The van der Waals surface area contributed by atoms with E-state index in [9.17, 15) is 14.4 Å². The number of carbonyl (C=O) groups is 2. The Morgan fingerprint density at radius 1 is 1.15 bits per heavy atom. The first kappa shape index (κ1) is 22.3. The van der Waals surface area contributed by atoms with E-state index in [0.717, 1.165) is 27.9 Å². The van der Waals surface area contributed by atoms with Gasteiger partial charge in [-0.15, -0.1) is 0 Å². The minimum atomic E-state index is -0.373. The smallest absolute Gasteiger partial charge is 0.278 e. The SMILES string of the molecule is COc1ccc(C)cc1NC(=O)CCn1nc(C(=O)N2c3ccccc3C[C@@H]2C)ccc1=O. The fraction of sp³-hybridized carbons (Fsp3) is 0.280. The summed E-state index contributed by atoms with van der Waals surface area (Å²) in [4.78, 5) is 39.7. The Kier molecular flexibility index (Phi) is 6.26. The van der Waals surface area contributed by atoms with E-state index in [1.165, 1.54) is 19.2 Å². The van der Waals surface area contributed by atoms with Gasteiger partial charge >= 0.3 is 0 Å². The Morgan fingerprint density at radius 3 is 2.73 bits per heavy atom. The molecule has 8 nitrogen and oxygen atoms in total. The second-order valence-corrected chi connectivity index (χ2v) is 8.14. The second-order valence-electron chi connectivity index (χ2n) is 8.14. The monoisotopic (exact) mass is 446 g/mol. The van der Waals surface area contributed by atoms with Crippen molar-refractivity contribution in [1.29, 1.82) is 0 Å². The van der Waals surface area contributed by atoms with Crippen LogP contribution in [0.25, 0.3) is 0 Å². The van der Waals surface area contributed by atoms with Gasteiger partial charge < -0.3 is 15.0 Å². The van der Waals surface area contributed by atoms with Gasteiger partial charge in [-0.05, 0) is 55.7 Å². The molecule has 0 saturated carbocycles. The van der Waals surface area contributed by atoms with E-state index >= 15 is 0 Å². The molecule has 33 heavy (non-hydrogen) atoms. The van der Waals surface area contributed by atoms with E-state index in [-0.39, 0.29) is 42.1 Å². The largest absolute Gasteiger partial charge is 0.495 e. The number of methoxy groups -OCH3 is 1. The average Bonchev–Trinajstić information content (AvgIpc) is 3.14. The van der Waals surface area contributed by atoms with Crippen LogP contribution in [0.2, 0.25) is 0 Å². The number of anilines is 2. The van der Waals surface area contributed by atoms with Gasteiger partial charge in [-0.2, -0.15) is 5.10 Å². The molecule has 0 spiro atoms. The molecule has 1 N–H and O–H groups in total. The summed E-state index contributed by atoms with van der Waals surface area (Å²) in [6, 6.07) is 16.0. The molecule has 0 radical (unpaired) electrons. The van der Waals surface area contributed by atoms with Crippen molar-refractivity contribution in [3.63, 3.8) is 0 Å². The highest BCUT2D eigenvalue weighted by Crippen LogP contribution is 2.32. The third-order valence-electron chi connectivity index (χ3n) is 5.69. The molecule has 0 bridgehead atoms. The fourth-order valence-electron chi connectivity index (χ4n) is 4.06. The van der Waals surface area contributed by atoms with Crippen LogP contribution in [-0.4, -0.2) is 34.7 Å². The summed E-state index contributed by atoms with van der Waals surface area (Å²) >= 11 is 0. The molecule has 1 aromatic heterocycles. The summed E-state index contributed by atoms with van der Waals surface area (Å²) in [6.07, 6.45) is 0.786. The van der Waals surface area contributed by atoms with E-state index in [2.05, 4.69) is 10.4 Å². The fourth-order valence-corrected chi connectivity index (χ4v) is 4.06. The summed E-state index contributed by atoms with van der Waals surface area (Å²) in [5, 5.41) is 7.07. The van der Waals surface area contributed by atoms with Crippen molar-refractivity contribution < 1.29 is 14.3 Å². The maximum absolute atomic E-state index is 13.2. The van der Waals surface area contributed by atoms with E-state index in [4.69, 9.17) is 4.74 Å². The van der Waals surface area contributed by atoms with Crippen molar-refractivity contribution in [3.8, 4) is 5.75 Å². The molecule has 2 amide bonds.